The van der Waals surface area contributed by atoms with Gasteiger partial charge < -0.3 is 0 Å². The van der Waals surface area contributed by atoms with Crippen LogP contribution in [0.2, 0.25) is 0 Å². The van der Waals surface area contributed by atoms with Crippen molar-refractivity contribution >= 4 is 0 Å². The highest BCUT2D eigenvalue weighted by atomic mass is 14.7. The van der Waals surface area contributed by atoms with Gasteiger partial charge in [0.15, 0.2) is 0 Å². The maximum atomic E-state index is 4.41. The summed E-state index contributed by atoms with van der Waals surface area (Å²) in [6.45, 7) is 13.0. The van der Waals surface area contributed by atoms with E-state index in [1.807, 2.05) is 26.1 Å². The van der Waals surface area contributed by atoms with Crippen LogP contribution in [0.4, 0.5) is 0 Å². The number of pyridine rings is 1. The van der Waals surface area contributed by atoms with Gasteiger partial charge in [-0.15, -0.1) is 0 Å². The Labute approximate surface area is 94.9 Å². The van der Waals surface area contributed by atoms with E-state index >= 15 is 0 Å². The summed E-state index contributed by atoms with van der Waals surface area (Å²) in [4.78, 5) is 4.41. The summed E-state index contributed by atoms with van der Waals surface area (Å²) in [6.07, 6.45) is 4.07. The Hall–Kier alpha value is -0.850. The summed E-state index contributed by atoms with van der Waals surface area (Å²) in [5.74, 6) is 0. The minimum Gasteiger partial charge on any atom is -0.261 e. The molecule has 1 aromatic heterocycles. The normalized spacial score (nSPS) is 10.5. The highest BCUT2D eigenvalue weighted by Crippen LogP contribution is 2.28. The first-order valence-corrected chi connectivity index (χ1v) is 6.06. The topological polar surface area (TPSA) is 12.9 Å². The zero-order chi connectivity index (χ0) is 11.9. The SMILES string of the molecule is CC.CCc1ncccc1C(C)(C)CC. The number of aryl methyl sites for hydroxylation is 1. The Kier molecular flexibility index (Phi) is 6.23. The van der Waals surface area contributed by atoms with Crippen LogP contribution in [0, 0.1) is 0 Å². The molecule has 1 aromatic rings. The zero-order valence-electron chi connectivity index (χ0n) is 11.1. The quantitative estimate of drug-likeness (QED) is 0.717. The smallest absolute Gasteiger partial charge is 0.0438 e. The van der Waals surface area contributed by atoms with Crippen LogP contribution in [0.15, 0.2) is 18.3 Å². The second-order valence-corrected chi connectivity index (χ2v) is 4.09. The lowest BCUT2D eigenvalue weighted by Gasteiger charge is -2.25. The van der Waals surface area contributed by atoms with Crippen LogP contribution in [0.3, 0.4) is 0 Å². The first kappa shape index (κ1) is 14.2. The standard InChI is InChI=1S/C12H19N.C2H6/c1-5-11-10(8-7-9-13-11)12(3,4)6-2;1-2/h7-9H,5-6H2,1-4H3;1-2H3. The zero-order valence-corrected chi connectivity index (χ0v) is 11.1. The molecule has 0 amide bonds. The lowest BCUT2D eigenvalue weighted by molar-refractivity contribution is 0.498. The van der Waals surface area contributed by atoms with Crippen molar-refractivity contribution in [1.29, 1.82) is 0 Å². The summed E-state index contributed by atoms with van der Waals surface area (Å²) in [6, 6.07) is 4.24. The molecular formula is C14H25N. The van der Waals surface area contributed by atoms with Crippen LogP contribution in [-0.2, 0) is 11.8 Å². The number of hydrogen-bond donors (Lipinski definition) is 0. The van der Waals surface area contributed by atoms with Crippen molar-refractivity contribution in [1.82, 2.24) is 4.98 Å². The lowest BCUT2D eigenvalue weighted by atomic mass is 9.81. The van der Waals surface area contributed by atoms with Gasteiger partial charge in [-0.25, -0.2) is 0 Å². The lowest BCUT2D eigenvalue weighted by Crippen LogP contribution is -2.18. The van der Waals surface area contributed by atoms with Crippen LogP contribution in [0.25, 0.3) is 0 Å². The van der Waals surface area contributed by atoms with Crippen LogP contribution in [-0.4, -0.2) is 4.98 Å². The van der Waals surface area contributed by atoms with Crippen molar-refractivity contribution in [3.8, 4) is 0 Å². The summed E-state index contributed by atoms with van der Waals surface area (Å²) in [5, 5.41) is 0. The molecule has 1 heteroatoms. The van der Waals surface area contributed by atoms with E-state index in [1.165, 1.54) is 11.3 Å². The minimum atomic E-state index is 0.263. The Bertz CT molecular complexity index is 276. The summed E-state index contributed by atoms with van der Waals surface area (Å²) >= 11 is 0. The molecule has 86 valence electrons. The van der Waals surface area contributed by atoms with E-state index < -0.39 is 0 Å². The van der Waals surface area contributed by atoms with Gasteiger partial charge in [-0.1, -0.05) is 47.6 Å². The molecule has 0 unspecified atom stereocenters. The van der Waals surface area contributed by atoms with E-state index in [4.69, 9.17) is 0 Å². The Morgan fingerprint density at radius 1 is 1.20 bits per heavy atom. The van der Waals surface area contributed by atoms with E-state index in [0.717, 1.165) is 12.8 Å². The van der Waals surface area contributed by atoms with Crippen molar-refractivity contribution in [3.63, 3.8) is 0 Å². The van der Waals surface area contributed by atoms with Crippen molar-refractivity contribution in [3.05, 3.63) is 29.6 Å². The van der Waals surface area contributed by atoms with E-state index in [9.17, 15) is 0 Å². The number of hydrogen-bond acceptors (Lipinski definition) is 1. The average molecular weight is 207 g/mol. The Morgan fingerprint density at radius 2 is 1.80 bits per heavy atom. The minimum absolute atomic E-state index is 0.263. The summed E-state index contributed by atoms with van der Waals surface area (Å²) < 4.78 is 0. The first-order valence-electron chi connectivity index (χ1n) is 6.06. The van der Waals surface area contributed by atoms with Gasteiger partial charge in [-0.3, -0.25) is 4.98 Å². The highest BCUT2D eigenvalue weighted by molar-refractivity contribution is 5.27. The molecule has 0 N–H and O–H groups in total. The molecule has 1 rings (SSSR count). The van der Waals surface area contributed by atoms with E-state index in [0.29, 0.717) is 0 Å². The molecule has 0 bridgehead atoms. The maximum Gasteiger partial charge on any atom is 0.0438 e. The second-order valence-electron chi connectivity index (χ2n) is 4.09. The van der Waals surface area contributed by atoms with Crippen LogP contribution in [0.1, 0.15) is 59.2 Å². The number of rotatable bonds is 3. The maximum absolute atomic E-state index is 4.41. The van der Waals surface area contributed by atoms with E-state index in [-0.39, 0.29) is 5.41 Å². The average Bonchev–Trinajstić information content (AvgIpc) is 2.31. The molecule has 1 heterocycles. The fourth-order valence-electron chi connectivity index (χ4n) is 1.53. The predicted molar refractivity (Wildman–Crippen MR) is 68.3 cm³/mol. The molecule has 0 aliphatic heterocycles. The molecule has 0 aromatic carbocycles. The van der Waals surface area contributed by atoms with Crippen molar-refractivity contribution in [2.45, 2.75) is 59.8 Å². The first-order chi connectivity index (χ1) is 7.11. The fraction of sp³-hybridized carbons (Fsp3) is 0.643. The molecular weight excluding hydrogens is 182 g/mol. The molecule has 15 heavy (non-hydrogen) atoms. The molecule has 0 fully saturated rings. The summed E-state index contributed by atoms with van der Waals surface area (Å²) in [7, 11) is 0. The third kappa shape index (κ3) is 3.65. The van der Waals surface area contributed by atoms with Gasteiger partial charge in [0.1, 0.15) is 0 Å². The number of aromatic nitrogens is 1. The van der Waals surface area contributed by atoms with Crippen LogP contribution in [0.5, 0.6) is 0 Å². The van der Waals surface area contributed by atoms with Crippen LogP contribution >= 0.6 is 0 Å². The van der Waals surface area contributed by atoms with Gasteiger partial charge in [0.25, 0.3) is 0 Å². The van der Waals surface area contributed by atoms with Crippen molar-refractivity contribution in [2.24, 2.45) is 0 Å². The van der Waals surface area contributed by atoms with Gasteiger partial charge >= 0.3 is 0 Å². The van der Waals surface area contributed by atoms with Gasteiger partial charge in [-0.05, 0) is 29.9 Å². The molecule has 0 saturated heterocycles. The Morgan fingerprint density at radius 3 is 2.27 bits per heavy atom. The van der Waals surface area contributed by atoms with Gasteiger partial charge in [0.05, 0.1) is 0 Å². The molecule has 0 spiro atoms. The molecule has 0 aliphatic rings. The molecule has 0 aliphatic carbocycles. The third-order valence-corrected chi connectivity index (χ3v) is 2.84. The Balaban J connectivity index is 0.000000921. The highest BCUT2D eigenvalue weighted by Gasteiger charge is 2.20. The van der Waals surface area contributed by atoms with Crippen LogP contribution < -0.4 is 0 Å². The summed E-state index contributed by atoms with van der Waals surface area (Å²) in [5.41, 5.74) is 2.91. The second kappa shape index (κ2) is 6.60. The monoisotopic (exact) mass is 207 g/mol. The van der Waals surface area contributed by atoms with Gasteiger partial charge in [0, 0.05) is 11.9 Å². The molecule has 0 atom stereocenters. The fourth-order valence-corrected chi connectivity index (χ4v) is 1.53. The van der Waals surface area contributed by atoms with Gasteiger partial charge in [0.2, 0.25) is 0 Å². The predicted octanol–water partition coefficient (Wildman–Crippen LogP) is 4.36. The van der Waals surface area contributed by atoms with E-state index in [2.05, 4.69) is 38.7 Å². The molecule has 1 nitrogen and oxygen atoms in total. The van der Waals surface area contributed by atoms with Crippen molar-refractivity contribution in [2.75, 3.05) is 0 Å². The molecule has 0 radical (unpaired) electrons. The van der Waals surface area contributed by atoms with E-state index in [1.54, 1.807) is 0 Å². The number of nitrogens with zero attached hydrogens (tertiary/aromatic N) is 1. The van der Waals surface area contributed by atoms with Gasteiger partial charge in [-0.2, -0.15) is 0 Å². The molecule has 0 saturated carbocycles. The van der Waals surface area contributed by atoms with Crippen molar-refractivity contribution < 1.29 is 0 Å². The third-order valence-electron chi connectivity index (χ3n) is 2.84. The largest absolute Gasteiger partial charge is 0.261 e.